The van der Waals surface area contributed by atoms with Crippen LogP contribution in [0.3, 0.4) is 0 Å². The third-order valence-electron chi connectivity index (χ3n) is 4.50. The van der Waals surface area contributed by atoms with Gasteiger partial charge in [-0.1, -0.05) is 37.5 Å². The van der Waals surface area contributed by atoms with Crippen molar-refractivity contribution in [2.75, 3.05) is 17.3 Å². The minimum atomic E-state index is 0.602. The molecule has 3 heteroatoms. The van der Waals surface area contributed by atoms with Crippen molar-refractivity contribution in [3.63, 3.8) is 0 Å². The molecule has 1 aromatic heterocycles. The minimum absolute atomic E-state index is 0.602. The minimum Gasteiger partial charge on any atom is -0.352 e. The predicted molar refractivity (Wildman–Crippen MR) is 91.4 cm³/mol. The van der Waals surface area contributed by atoms with Crippen molar-refractivity contribution in [2.45, 2.75) is 45.1 Å². The second kappa shape index (κ2) is 6.65. The zero-order chi connectivity index (χ0) is 14.7. The van der Waals surface area contributed by atoms with Crippen molar-refractivity contribution < 1.29 is 0 Å². The molecule has 0 saturated heterocycles. The van der Waals surface area contributed by atoms with Crippen LogP contribution < -0.4 is 4.90 Å². The third kappa shape index (κ3) is 3.16. The van der Waals surface area contributed by atoms with Gasteiger partial charge in [-0.2, -0.15) is 0 Å². The Kier molecular flexibility index (Phi) is 4.64. The first-order valence-corrected chi connectivity index (χ1v) is 8.52. The average Bonchev–Trinajstić information content (AvgIpc) is 2.53. The second-order valence-corrected chi connectivity index (χ2v) is 6.37. The van der Waals surface area contributed by atoms with E-state index < -0.39 is 0 Å². The molecule has 1 aliphatic carbocycles. The Morgan fingerprint density at radius 2 is 1.95 bits per heavy atom. The highest BCUT2D eigenvalue weighted by molar-refractivity contribution is 6.18. The Morgan fingerprint density at radius 3 is 2.71 bits per heavy atom. The van der Waals surface area contributed by atoms with Gasteiger partial charge in [0.05, 0.1) is 5.52 Å². The Balaban J connectivity index is 1.99. The van der Waals surface area contributed by atoms with Crippen LogP contribution in [-0.4, -0.2) is 23.5 Å². The molecule has 1 saturated carbocycles. The molecular weight excluding hydrogens is 280 g/mol. The number of hydrogen-bond acceptors (Lipinski definition) is 2. The van der Waals surface area contributed by atoms with Crippen LogP contribution in [0.2, 0.25) is 0 Å². The Labute approximate surface area is 132 Å². The molecule has 0 amide bonds. The molecule has 0 spiro atoms. The Bertz CT molecular complexity index is 605. The Hall–Kier alpha value is -1.28. The van der Waals surface area contributed by atoms with E-state index in [9.17, 15) is 0 Å². The van der Waals surface area contributed by atoms with E-state index in [0.29, 0.717) is 11.9 Å². The number of benzene rings is 1. The molecule has 1 aliphatic rings. The maximum absolute atomic E-state index is 6.07. The van der Waals surface area contributed by atoms with E-state index in [1.807, 2.05) is 0 Å². The summed E-state index contributed by atoms with van der Waals surface area (Å²) in [5, 5.41) is 1.22. The van der Waals surface area contributed by atoms with Gasteiger partial charge in [0.25, 0.3) is 0 Å². The normalized spacial score (nSPS) is 16.3. The topological polar surface area (TPSA) is 16.1 Å². The molecule has 1 heterocycles. The summed E-state index contributed by atoms with van der Waals surface area (Å²) in [6, 6.07) is 11.2. The fourth-order valence-corrected chi connectivity index (χ4v) is 3.63. The second-order valence-electron chi connectivity index (χ2n) is 6.00. The molecule has 0 radical (unpaired) electrons. The monoisotopic (exact) mass is 302 g/mol. The number of pyridine rings is 1. The highest BCUT2D eigenvalue weighted by Gasteiger charge is 2.23. The number of rotatable bonds is 4. The van der Waals surface area contributed by atoms with E-state index in [1.54, 1.807) is 0 Å². The van der Waals surface area contributed by atoms with Gasteiger partial charge in [-0.3, -0.25) is 0 Å². The number of aromatic nitrogens is 1. The largest absolute Gasteiger partial charge is 0.352 e. The van der Waals surface area contributed by atoms with Gasteiger partial charge in [0.1, 0.15) is 5.82 Å². The van der Waals surface area contributed by atoms with Gasteiger partial charge in [-0.15, -0.1) is 11.6 Å². The molecule has 0 unspecified atom stereocenters. The molecule has 1 aromatic carbocycles. The summed E-state index contributed by atoms with van der Waals surface area (Å²) in [7, 11) is 0. The molecule has 112 valence electrons. The zero-order valence-electron chi connectivity index (χ0n) is 12.7. The summed E-state index contributed by atoms with van der Waals surface area (Å²) in [6.45, 7) is 3.05. The fraction of sp³-hybridized carbons (Fsp3) is 0.500. The number of para-hydroxylation sites is 1. The molecule has 0 N–H and O–H groups in total. The molecule has 21 heavy (non-hydrogen) atoms. The van der Waals surface area contributed by atoms with Crippen molar-refractivity contribution in [3.05, 3.63) is 35.9 Å². The van der Waals surface area contributed by atoms with E-state index >= 15 is 0 Å². The lowest BCUT2D eigenvalue weighted by atomic mass is 9.94. The van der Waals surface area contributed by atoms with Crippen molar-refractivity contribution >= 4 is 28.3 Å². The van der Waals surface area contributed by atoms with Crippen molar-refractivity contribution in [1.82, 2.24) is 4.98 Å². The summed E-state index contributed by atoms with van der Waals surface area (Å²) >= 11 is 6.07. The molecule has 3 rings (SSSR count). The summed E-state index contributed by atoms with van der Waals surface area (Å²) < 4.78 is 0. The highest BCUT2D eigenvalue weighted by Crippen LogP contribution is 2.30. The molecule has 0 aliphatic heterocycles. The number of alkyl halides is 1. The van der Waals surface area contributed by atoms with Crippen molar-refractivity contribution in [2.24, 2.45) is 0 Å². The van der Waals surface area contributed by atoms with Crippen LogP contribution in [0.25, 0.3) is 10.9 Å². The smallest absolute Gasteiger partial charge is 0.132 e. The summed E-state index contributed by atoms with van der Waals surface area (Å²) in [5.41, 5.74) is 2.33. The van der Waals surface area contributed by atoms with Gasteiger partial charge in [0.15, 0.2) is 0 Å². The lowest BCUT2D eigenvalue weighted by molar-refractivity contribution is 0.416. The Morgan fingerprint density at radius 1 is 1.19 bits per heavy atom. The lowest BCUT2D eigenvalue weighted by Crippen LogP contribution is -2.39. The number of fused-ring (bicyclic) bond motifs is 1. The van der Waals surface area contributed by atoms with Crippen LogP contribution in [0.1, 0.15) is 37.7 Å². The molecule has 1 fully saturated rings. The molecular formula is C18H23ClN2. The van der Waals surface area contributed by atoms with Gasteiger partial charge in [-0.05, 0) is 37.5 Å². The fourth-order valence-electron chi connectivity index (χ4n) is 3.45. The van der Waals surface area contributed by atoms with E-state index in [1.165, 1.54) is 43.1 Å². The molecule has 2 nitrogen and oxygen atoms in total. The van der Waals surface area contributed by atoms with Gasteiger partial charge in [0.2, 0.25) is 0 Å². The molecule has 2 aromatic rings. The van der Waals surface area contributed by atoms with Crippen LogP contribution in [0.5, 0.6) is 0 Å². The number of anilines is 1. The third-order valence-corrected chi connectivity index (χ3v) is 4.67. The van der Waals surface area contributed by atoms with Crippen LogP contribution >= 0.6 is 11.6 Å². The molecule has 0 atom stereocenters. The van der Waals surface area contributed by atoms with Gasteiger partial charge in [-0.25, -0.2) is 4.98 Å². The number of halogens is 1. The summed E-state index contributed by atoms with van der Waals surface area (Å²) in [4.78, 5) is 7.39. The van der Waals surface area contributed by atoms with Crippen molar-refractivity contribution in [3.8, 4) is 0 Å². The van der Waals surface area contributed by atoms with Crippen LogP contribution in [0.4, 0.5) is 5.82 Å². The maximum Gasteiger partial charge on any atom is 0.132 e. The van der Waals surface area contributed by atoms with E-state index in [-0.39, 0.29) is 0 Å². The quantitative estimate of drug-likeness (QED) is 0.745. The maximum atomic E-state index is 6.07. The molecule has 0 bridgehead atoms. The van der Waals surface area contributed by atoms with Crippen molar-refractivity contribution in [1.29, 1.82) is 0 Å². The first kappa shape index (κ1) is 14.6. The van der Waals surface area contributed by atoms with Gasteiger partial charge >= 0.3 is 0 Å². The van der Waals surface area contributed by atoms with Gasteiger partial charge in [0, 0.05) is 23.9 Å². The first-order valence-electron chi connectivity index (χ1n) is 7.98. The lowest BCUT2D eigenvalue weighted by Gasteiger charge is -2.36. The number of hydrogen-bond donors (Lipinski definition) is 0. The van der Waals surface area contributed by atoms with Gasteiger partial charge < -0.3 is 4.90 Å². The van der Waals surface area contributed by atoms with E-state index in [0.717, 1.165) is 17.9 Å². The number of aryl methyl sites for hydroxylation is 1. The average molecular weight is 303 g/mol. The highest BCUT2D eigenvalue weighted by atomic mass is 35.5. The number of nitrogens with zero attached hydrogens (tertiary/aromatic N) is 2. The summed E-state index contributed by atoms with van der Waals surface area (Å²) in [6.07, 6.45) is 6.57. The standard InChI is InChI=1S/C18H23ClN2/c1-14-13-15-7-5-6-10-17(15)20-18(14)21(12-11-19)16-8-3-2-4-9-16/h5-7,10,13,16H,2-4,8-9,11-12H2,1H3. The summed E-state index contributed by atoms with van der Waals surface area (Å²) in [5.74, 6) is 1.78. The van der Waals surface area contributed by atoms with Crippen LogP contribution in [0, 0.1) is 6.92 Å². The van der Waals surface area contributed by atoms with E-state index in [4.69, 9.17) is 16.6 Å². The first-order chi connectivity index (χ1) is 10.3. The predicted octanol–water partition coefficient (Wildman–Crippen LogP) is 4.92. The van der Waals surface area contributed by atoms with E-state index in [2.05, 4.69) is 42.2 Å². The van der Waals surface area contributed by atoms with Crippen LogP contribution in [-0.2, 0) is 0 Å². The van der Waals surface area contributed by atoms with Crippen LogP contribution in [0.15, 0.2) is 30.3 Å². The SMILES string of the molecule is Cc1cc2ccccc2nc1N(CCCl)C1CCCCC1. The zero-order valence-corrected chi connectivity index (χ0v) is 13.4.